The number of nitrogens with zero attached hydrogens (tertiary/aromatic N) is 1. The van der Waals surface area contributed by atoms with Gasteiger partial charge in [0.2, 0.25) is 0 Å². The van der Waals surface area contributed by atoms with E-state index in [1.807, 2.05) is 20.8 Å². The topological polar surface area (TPSA) is 82.5 Å². The molecule has 1 atom stereocenters. The lowest BCUT2D eigenvalue weighted by atomic mass is 10.1. The Morgan fingerprint density at radius 1 is 1.42 bits per heavy atom. The van der Waals surface area contributed by atoms with Gasteiger partial charge >= 0.3 is 5.97 Å². The number of rotatable bonds is 7. The van der Waals surface area contributed by atoms with Crippen molar-refractivity contribution < 1.29 is 15.0 Å². The molecule has 1 aromatic rings. The lowest BCUT2D eigenvalue weighted by molar-refractivity contribution is 0.0696. The van der Waals surface area contributed by atoms with Gasteiger partial charge in [-0.1, -0.05) is 27.2 Å². The number of anilines is 1. The van der Waals surface area contributed by atoms with Crippen LogP contribution in [0, 0.1) is 5.92 Å². The molecule has 0 aliphatic heterocycles. The van der Waals surface area contributed by atoms with Crippen molar-refractivity contribution in [2.75, 3.05) is 11.9 Å². The molecule has 3 N–H and O–H groups in total. The molecule has 1 rings (SSSR count). The number of nitrogens with one attached hydrogen (secondary N) is 1. The van der Waals surface area contributed by atoms with Gasteiger partial charge in [0.25, 0.3) is 0 Å². The first kappa shape index (κ1) is 15.4. The van der Waals surface area contributed by atoms with E-state index in [0.29, 0.717) is 12.4 Å². The standard InChI is InChI=1S/C14H22N2O3/c1-4-5-11-6-10(14(18)19)7-13(16-11)15-8-12(17)9(2)3/h6-7,9,12,17H,4-5,8H2,1-3H3,(H,15,16)(H,18,19). The van der Waals surface area contributed by atoms with Crippen molar-refractivity contribution >= 4 is 11.8 Å². The minimum absolute atomic E-state index is 0.144. The van der Waals surface area contributed by atoms with Crippen molar-refractivity contribution in [2.24, 2.45) is 5.92 Å². The van der Waals surface area contributed by atoms with E-state index in [2.05, 4.69) is 10.3 Å². The van der Waals surface area contributed by atoms with Crippen LogP contribution in [0.1, 0.15) is 43.2 Å². The van der Waals surface area contributed by atoms with Gasteiger partial charge in [-0.3, -0.25) is 0 Å². The highest BCUT2D eigenvalue weighted by atomic mass is 16.4. The summed E-state index contributed by atoms with van der Waals surface area (Å²) in [6.07, 6.45) is 1.16. The molecule has 1 heterocycles. The van der Waals surface area contributed by atoms with Crippen molar-refractivity contribution in [1.29, 1.82) is 0 Å². The molecule has 1 aromatic heterocycles. The summed E-state index contributed by atoms with van der Waals surface area (Å²) < 4.78 is 0. The van der Waals surface area contributed by atoms with Gasteiger partial charge in [0.05, 0.1) is 11.7 Å². The fraction of sp³-hybridized carbons (Fsp3) is 0.571. The Balaban J connectivity index is 2.84. The molecular weight excluding hydrogens is 244 g/mol. The van der Waals surface area contributed by atoms with E-state index in [1.165, 1.54) is 6.07 Å². The van der Waals surface area contributed by atoms with Crippen LogP contribution in [-0.4, -0.2) is 33.8 Å². The number of carboxylic acids is 1. The SMILES string of the molecule is CCCc1cc(C(=O)O)cc(NCC(O)C(C)C)n1. The average molecular weight is 266 g/mol. The number of aryl methyl sites for hydroxylation is 1. The number of aromatic carboxylic acids is 1. The Kier molecular flexibility index (Phi) is 5.76. The Hall–Kier alpha value is -1.62. The predicted octanol–water partition coefficient (Wildman–Crippen LogP) is 2.16. The summed E-state index contributed by atoms with van der Waals surface area (Å²) in [5, 5.41) is 21.8. The molecule has 0 spiro atoms. The molecule has 0 radical (unpaired) electrons. The zero-order valence-electron chi connectivity index (χ0n) is 11.7. The number of aromatic nitrogens is 1. The average Bonchev–Trinajstić information content (AvgIpc) is 2.35. The molecular formula is C14H22N2O3. The molecule has 5 heteroatoms. The first-order chi connectivity index (χ1) is 8.93. The molecule has 106 valence electrons. The van der Waals surface area contributed by atoms with Crippen LogP contribution < -0.4 is 5.32 Å². The third kappa shape index (κ3) is 4.87. The second-order valence-corrected chi connectivity index (χ2v) is 4.98. The number of carbonyl (C=O) groups is 1. The van der Waals surface area contributed by atoms with Crippen LogP contribution in [0.3, 0.4) is 0 Å². The van der Waals surface area contributed by atoms with Gasteiger partial charge in [-0.05, 0) is 24.5 Å². The third-order valence-electron chi connectivity index (χ3n) is 2.89. The van der Waals surface area contributed by atoms with Gasteiger partial charge in [0.1, 0.15) is 5.82 Å². The van der Waals surface area contributed by atoms with Crippen LogP contribution in [0.5, 0.6) is 0 Å². The van der Waals surface area contributed by atoms with E-state index in [9.17, 15) is 9.90 Å². The van der Waals surface area contributed by atoms with Gasteiger partial charge in [-0.15, -0.1) is 0 Å². The first-order valence-corrected chi connectivity index (χ1v) is 6.60. The number of hydrogen-bond donors (Lipinski definition) is 3. The molecule has 0 bridgehead atoms. The predicted molar refractivity (Wildman–Crippen MR) is 74.5 cm³/mol. The van der Waals surface area contributed by atoms with Gasteiger partial charge in [-0.25, -0.2) is 9.78 Å². The van der Waals surface area contributed by atoms with Crippen LogP contribution in [0.15, 0.2) is 12.1 Å². The fourth-order valence-corrected chi connectivity index (χ4v) is 1.63. The van der Waals surface area contributed by atoms with Crippen molar-refractivity contribution in [3.63, 3.8) is 0 Å². The van der Waals surface area contributed by atoms with Crippen molar-refractivity contribution in [1.82, 2.24) is 4.98 Å². The number of hydrogen-bond acceptors (Lipinski definition) is 4. The van der Waals surface area contributed by atoms with E-state index in [4.69, 9.17) is 5.11 Å². The monoisotopic (exact) mass is 266 g/mol. The van der Waals surface area contributed by atoms with Crippen LogP contribution in [-0.2, 0) is 6.42 Å². The van der Waals surface area contributed by atoms with E-state index < -0.39 is 12.1 Å². The second kappa shape index (κ2) is 7.09. The highest BCUT2D eigenvalue weighted by Crippen LogP contribution is 2.13. The van der Waals surface area contributed by atoms with Crippen molar-refractivity contribution in [2.45, 2.75) is 39.7 Å². The lowest BCUT2D eigenvalue weighted by Crippen LogP contribution is -2.25. The van der Waals surface area contributed by atoms with Gasteiger partial charge < -0.3 is 15.5 Å². The van der Waals surface area contributed by atoms with Crippen LogP contribution in [0.2, 0.25) is 0 Å². The number of pyridine rings is 1. The highest BCUT2D eigenvalue weighted by molar-refractivity contribution is 5.88. The Morgan fingerprint density at radius 3 is 2.63 bits per heavy atom. The molecule has 0 fully saturated rings. The van der Waals surface area contributed by atoms with E-state index in [1.54, 1.807) is 6.07 Å². The Bertz CT molecular complexity index is 433. The molecule has 0 aliphatic carbocycles. The summed E-state index contributed by atoms with van der Waals surface area (Å²) in [7, 11) is 0. The van der Waals surface area contributed by atoms with E-state index in [-0.39, 0.29) is 11.5 Å². The van der Waals surface area contributed by atoms with Crippen LogP contribution in [0.25, 0.3) is 0 Å². The van der Waals surface area contributed by atoms with Crippen LogP contribution >= 0.6 is 0 Å². The summed E-state index contributed by atoms with van der Waals surface area (Å²) in [6, 6.07) is 3.09. The van der Waals surface area contributed by atoms with Crippen molar-refractivity contribution in [3.8, 4) is 0 Å². The lowest BCUT2D eigenvalue weighted by Gasteiger charge is -2.16. The zero-order chi connectivity index (χ0) is 14.4. The Labute approximate surface area is 113 Å². The minimum atomic E-state index is -0.966. The first-order valence-electron chi connectivity index (χ1n) is 6.60. The number of aliphatic hydroxyl groups excluding tert-OH is 1. The molecule has 19 heavy (non-hydrogen) atoms. The largest absolute Gasteiger partial charge is 0.478 e. The molecule has 0 saturated heterocycles. The zero-order valence-corrected chi connectivity index (χ0v) is 11.7. The summed E-state index contributed by atoms with van der Waals surface area (Å²) in [5.74, 6) is -0.319. The molecule has 0 amide bonds. The second-order valence-electron chi connectivity index (χ2n) is 4.98. The summed E-state index contributed by atoms with van der Waals surface area (Å²) in [4.78, 5) is 15.4. The van der Waals surface area contributed by atoms with Gasteiger partial charge in [-0.2, -0.15) is 0 Å². The van der Waals surface area contributed by atoms with Crippen LogP contribution in [0.4, 0.5) is 5.82 Å². The maximum atomic E-state index is 11.1. The van der Waals surface area contributed by atoms with E-state index in [0.717, 1.165) is 18.5 Å². The summed E-state index contributed by atoms with van der Waals surface area (Å²) in [5.41, 5.74) is 0.976. The number of aliphatic hydroxyl groups is 1. The van der Waals surface area contributed by atoms with E-state index >= 15 is 0 Å². The summed E-state index contributed by atoms with van der Waals surface area (Å²) in [6.45, 7) is 6.23. The number of carboxylic acid groups (broad SMARTS) is 1. The highest BCUT2D eigenvalue weighted by Gasteiger charge is 2.11. The smallest absolute Gasteiger partial charge is 0.335 e. The maximum Gasteiger partial charge on any atom is 0.335 e. The third-order valence-corrected chi connectivity index (χ3v) is 2.89. The van der Waals surface area contributed by atoms with Crippen molar-refractivity contribution in [3.05, 3.63) is 23.4 Å². The summed E-state index contributed by atoms with van der Waals surface area (Å²) >= 11 is 0. The molecule has 0 aromatic carbocycles. The minimum Gasteiger partial charge on any atom is -0.478 e. The Morgan fingerprint density at radius 2 is 2.11 bits per heavy atom. The molecule has 0 saturated carbocycles. The fourth-order valence-electron chi connectivity index (χ4n) is 1.63. The molecule has 1 unspecified atom stereocenters. The molecule has 0 aliphatic rings. The molecule has 5 nitrogen and oxygen atoms in total. The van der Waals surface area contributed by atoms with Gasteiger partial charge in [0, 0.05) is 12.2 Å². The normalized spacial score (nSPS) is 12.5. The van der Waals surface area contributed by atoms with Gasteiger partial charge in [0.15, 0.2) is 0 Å². The maximum absolute atomic E-state index is 11.1. The quantitative estimate of drug-likeness (QED) is 0.704.